The summed E-state index contributed by atoms with van der Waals surface area (Å²) in [7, 11) is 0. The van der Waals surface area contributed by atoms with Crippen molar-refractivity contribution < 1.29 is 4.79 Å². The van der Waals surface area contributed by atoms with Crippen LogP contribution in [0.3, 0.4) is 0 Å². The van der Waals surface area contributed by atoms with E-state index < -0.39 is 0 Å². The third-order valence-corrected chi connectivity index (χ3v) is 5.15. The van der Waals surface area contributed by atoms with Crippen molar-refractivity contribution in [1.29, 1.82) is 0 Å². The first-order chi connectivity index (χ1) is 13.0. The monoisotopic (exact) mass is 403 g/mol. The molecule has 3 rings (SSSR count). The summed E-state index contributed by atoms with van der Waals surface area (Å²) in [5.41, 5.74) is 3.10. The van der Waals surface area contributed by atoms with E-state index in [-0.39, 0.29) is 11.8 Å². The predicted molar refractivity (Wildman–Crippen MR) is 113 cm³/mol. The van der Waals surface area contributed by atoms with Gasteiger partial charge in [-0.25, -0.2) is 4.98 Å². The minimum absolute atomic E-state index is 0.0461. The summed E-state index contributed by atoms with van der Waals surface area (Å²) in [5.74, 6) is 0.123. The van der Waals surface area contributed by atoms with Crippen molar-refractivity contribution in [3.8, 4) is 11.3 Å². The summed E-state index contributed by atoms with van der Waals surface area (Å²) in [6.07, 6.45) is 7.58. The number of imidazole rings is 1. The summed E-state index contributed by atoms with van der Waals surface area (Å²) in [4.78, 5) is 17.2. The molecule has 6 heteroatoms. The lowest BCUT2D eigenvalue weighted by Crippen LogP contribution is -2.22. The first kappa shape index (κ1) is 19.7. The van der Waals surface area contributed by atoms with Crippen LogP contribution in [0.5, 0.6) is 0 Å². The number of amides is 1. The minimum Gasteiger partial charge on any atom is -0.326 e. The molecule has 0 spiro atoms. The Morgan fingerprint density at radius 2 is 2.04 bits per heavy atom. The summed E-state index contributed by atoms with van der Waals surface area (Å²) in [6.45, 7) is 4.20. The Morgan fingerprint density at radius 3 is 2.78 bits per heavy atom. The number of carbonyl (C=O) groups is 1. The van der Waals surface area contributed by atoms with Gasteiger partial charge in [0.15, 0.2) is 5.65 Å². The molecule has 0 aliphatic heterocycles. The topological polar surface area (TPSA) is 46.4 Å². The quantitative estimate of drug-likeness (QED) is 0.491. The van der Waals surface area contributed by atoms with Crippen molar-refractivity contribution in [3.63, 3.8) is 0 Å². The number of unbranched alkanes of at least 4 members (excludes halogenated alkanes) is 1. The molecule has 3 aromatic rings. The van der Waals surface area contributed by atoms with E-state index in [0.717, 1.165) is 42.6 Å². The second kappa shape index (κ2) is 8.77. The van der Waals surface area contributed by atoms with Crippen molar-refractivity contribution >= 4 is 40.4 Å². The molecule has 2 aromatic heterocycles. The molecule has 0 aliphatic rings. The molecule has 27 heavy (non-hydrogen) atoms. The van der Waals surface area contributed by atoms with Crippen molar-refractivity contribution in [3.05, 3.63) is 52.8 Å². The average Bonchev–Trinajstić information content (AvgIpc) is 3.07. The van der Waals surface area contributed by atoms with Gasteiger partial charge in [0.1, 0.15) is 0 Å². The molecular formula is C21H23Cl2N3O. The normalized spacial score (nSPS) is 12.3. The van der Waals surface area contributed by atoms with Gasteiger partial charge in [0, 0.05) is 29.6 Å². The maximum atomic E-state index is 12.6. The van der Waals surface area contributed by atoms with E-state index in [1.807, 2.05) is 34.9 Å². The zero-order valence-corrected chi connectivity index (χ0v) is 17.0. The van der Waals surface area contributed by atoms with Crippen LogP contribution >= 0.6 is 23.2 Å². The number of halogens is 2. The van der Waals surface area contributed by atoms with E-state index in [9.17, 15) is 4.79 Å². The number of fused-ring (bicyclic) bond motifs is 1. The molecule has 0 bridgehead atoms. The van der Waals surface area contributed by atoms with E-state index in [2.05, 4.69) is 24.1 Å². The van der Waals surface area contributed by atoms with Crippen molar-refractivity contribution in [2.45, 2.75) is 39.5 Å². The summed E-state index contributed by atoms with van der Waals surface area (Å²) < 4.78 is 1.81. The zero-order chi connectivity index (χ0) is 19.4. The number of benzene rings is 1. The first-order valence-corrected chi connectivity index (χ1v) is 10.0. The lowest BCUT2D eigenvalue weighted by Gasteiger charge is -2.15. The van der Waals surface area contributed by atoms with Gasteiger partial charge in [-0.15, -0.1) is 0 Å². The number of hydrogen-bond donors (Lipinski definition) is 1. The number of nitrogens with zero attached hydrogens (tertiary/aromatic N) is 2. The van der Waals surface area contributed by atoms with Gasteiger partial charge in [-0.2, -0.15) is 0 Å². The predicted octanol–water partition coefficient (Wildman–Crippen LogP) is 6.46. The molecule has 1 atom stereocenters. The Hall–Kier alpha value is -2.04. The number of nitrogens with one attached hydrogen (secondary N) is 1. The van der Waals surface area contributed by atoms with Gasteiger partial charge in [0.25, 0.3) is 0 Å². The molecule has 1 N–H and O–H groups in total. The molecule has 1 unspecified atom stereocenters. The Labute approximate surface area is 169 Å². The first-order valence-electron chi connectivity index (χ1n) is 9.26. The molecule has 4 nitrogen and oxygen atoms in total. The summed E-state index contributed by atoms with van der Waals surface area (Å²) >= 11 is 12.3. The molecule has 0 aliphatic carbocycles. The molecule has 0 saturated carbocycles. The van der Waals surface area contributed by atoms with E-state index in [1.54, 1.807) is 12.3 Å². The SMILES string of the molecule is CCCCC(CC)C(=O)Nc1cccc(-c2cn3cc(Cl)cc(Cl)c3n2)c1. The molecule has 0 radical (unpaired) electrons. The van der Waals surface area contributed by atoms with Gasteiger partial charge in [-0.3, -0.25) is 4.79 Å². The van der Waals surface area contributed by atoms with E-state index >= 15 is 0 Å². The van der Waals surface area contributed by atoms with Crippen LogP contribution in [-0.2, 0) is 4.79 Å². The Balaban J connectivity index is 1.83. The maximum absolute atomic E-state index is 12.6. The lowest BCUT2D eigenvalue weighted by atomic mass is 9.98. The second-order valence-electron chi connectivity index (χ2n) is 6.68. The number of anilines is 1. The second-order valence-corrected chi connectivity index (χ2v) is 7.52. The fourth-order valence-corrected chi connectivity index (χ4v) is 3.66. The van der Waals surface area contributed by atoms with Crippen molar-refractivity contribution in [2.24, 2.45) is 5.92 Å². The molecule has 1 aromatic carbocycles. The fraction of sp³-hybridized carbons (Fsp3) is 0.333. The van der Waals surface area contributed by atoms with Crippen LogP contribution in [0.2, 0.25) is 10.0 Å². The largest absolute Gasteiger partial charge is 0.326 e. The van der Waals surface area contributed by atoms with Crippen molar-refractivity contribution in [2.75, 3.05) is 5.32 Å². The lowest BCUT2D eigenvalue weighted by molar-refractivity contribution is -0.120. The highest BCUT2D eigenvalue weighted by atomic mass is 35.5. The third-order valence-electron chi connectivity index (χ3n) is 4.67. The van der Waals surface area contributed by atoms with Crippen LogP contribution in [0.1, 0.15) is 39.5 Å². The maximum Gasteiger partial charge on any atom is 0.227 e. The highest BCUT2D eigenvalue weighted by Gasteiger charge is 2.16. The van der Waals surface area contributed by atoms with E-state index in [4.69, 9.17) is 23.2 Å². The number of hydrogen-bond acceptors (Lipinski definition) is 2. The highest BCUT2D eigenvalue weighted by Crippen LogP contribution is 2.27. The number of aromatic nitrogens is 2. The standard InChI is InChI=1S/C21H23Cl2N3O/c1-3-5-7-14(4-2)21(27)24-17-9-6-8-15(10-17)19-13-26-12-16(22)11-18(23)20(26)25-19/h6,8-14H,3-5,7H2,1-2H3,(H,24,27). The van der Waals surface area contributed by atoms with Crippen LogP contribution in [-0.4, -0.2) is 15.3 Å². The van der Waals surface area contributed by atoms with Crippen LogP contribution in [0.25, 0.3) is 16.9 Å². The van der Waals surface area contributed by atoms with Gasteiger partial charge >= 0.3 is 0 Å². The number of pyridine rings is 1. The molecule has 1 amide bonds. The summed E-state index contributed by atoms with van der Waals surface area (Å²) in [6, 6.07) is 9.38. The van der Waals surface area contributed by atoms with Gasteiger partial charge < -0.3 is 9.72 Å². The highest BCUT2D eigenvalue weighted by molar-refractivity contribution is 6.36. The van der Waals surface area contributed by atoms with Gasteiger partial charge in [0.2, 0.25) is 5.91 Å². The van der Waals surface area contributed by atoms with E-state index in [1.165, 1.54) is 0 Å². The minimum atomic E-state index is 0.0461. The van der Waals surface area contributed by atoms with Crippen LogP contribution in [0.4, 0.5) is 5.69 Å². The Bertz CT molecular complexity index is 952. The molecule has 0 fully saturated rings. The van der Waals surface area contributed by atoms with Crippen LogP contribution in [0.15, 0.2) is 42.7 Å². The zero-order valence-electron chi connectivity index (χ0n) is 15.5. The van der Waals surface area contributed by atoms with Gasteiger partial charge in [-0.1, -0.05) is 62.0 Å². The third kappa shape index (κ3) is 4.63. The Morgan fingerprint density at radius 1 is 1.22 bits per heavy atom. The fourth-order valence-electron chi connectivity index (χ4n) is 3.14. The van der Waals surface area contributed by atoms with Crippen LogP contribution in [0, 0.1) is 5.92 Å². The number of rotatable bonds is 7. The Kier molecular flexibility index (Phi) is 6.40. The summed E-state index contributed by atoms with van der Waals surface area (Å²) in [5, 5.41) is 4.10. The molecule has 142 valence electrons. The smallest absolute Gasteiger partial charge is 0.227 e. The van der Waals surface area contributed by atoms with E-state index in [0.29, 0.717) is 15.7 Å². The average molecular weight is 404 g/mol. The van der Waals surface area contributed by atoms with Gasteiger partial charge in [0.05, 0.1) is 15.7 Å². The molecular weight excluding hydrogens is 381 g/mol. The van der Waals surface area contributed by atoms with Gasteiger partial charge in [-0.05, 0) is 31.0 Å². The van der Waals surface area contributed by atoms with Crippen LogP contribution < -0.4 is 5.32 Å². The molecule has 2 heterocycles. The number of carbonyl (C=O) groups excluding carboxylic acids is 1. The van der Waals surface area contributed by atoms with Crippen molar-refractivity contribution in [1.82, 2.24) is 9.38 Å². The molecule has 0 saturated heterocycles.